The Hall–Kier alpha value is -0.980. The van der Waals surface area contributed by atoms with Crippen molar-refractivity contribution in [3.05, 3.63) is 11.7 Å². The summed E-state index contributed by atoms with van der Waals surface area (Å²) < 4.78 is 15.3. The molecular weight excluding hydrogens is 222 g/mol. The van der Waals surface area contributed by atoms with E-state index in [0.717, 1.165) is 6.42 Å². The third-order valence-corrected chi connectivity index (χ3v) is 2.37. The molecule has 0 saturated carbocycles. The predicted octanol–water partition coefficient (Wildman–Crippen LogP) is 0.555. The molecule has 17 heavy (non-hydrogen) atoms. The van der Waals surface area contributed by atoms with E-state index in [0.29, 0.717) is 44.4 Å². The third-order valence-electron chi connectivity index (χ3n) is 2.37. The number of methoxy groups -OCH3 is 1. The van der Waals surface area contributed by atoms with Gasteiger partial charge in [-0.05, 0) is 6.42 Å². The van der Waals surface area contributed by atoms with Gasteiger partial charge in [-0.3, -0.25) is 0 Å². The van der Waals surface area contributed by atoms with Crippen molar-refractivity contribution in [3.63, 3.8) is 0 Å². The molecule has 0 spiro atoms. The first kappa shape index (κ1) is 14.1. The fourth-order valence-electron chi connectivity index (χ4n) is 1.25. The Labute approximate surface area is 101 Å². The molecule has 0 fully saturated rings. The van der Waals surface area contributed by atoms with E-state index in [4.69, 9.17) is 19.7 Å². The van der Waals surface area contributed by atoms with Crippen molar-refractivity contribution in [1.82, 2.24) is 10.1 Å². The molecule has 1 rings (SSSR count). The summed E-state index contributed by atoms with van der Waals surface area (Å²) in [4.78, 5) is 4.25. The Morgan fingerprint density at radius 2 is 2.18 bits per heavy atom. The largest absolute Gasteiger partial charge is 0.382 e. The topological polar surface area (TPSA) is 83.4 Å². The van der Waals surface area contributed by atoms with Gasteiger partial charge < -0.3 is 19.7 Å². The van der Waals surface area contributed by atoms with Crippen LogP contribution in [0.5, 0.6) is 0 Å². The lowest BCUT2D eigenvalue weighted by atomic mass is 10.2. The Morgan fingerprint density at radius 3 is 2.88 bits per heavy atom. The van der Waals surface area contributed by atoms with Crippen LogP contribution in [0.2, 0.25) is 0 Å². The first-order valence-corrected chi connectivity index (χ1v) is 5.90. The molecule has 0 saturated heterocycles. The highest BCUT2D eigenvalue weighted by molar-refractivity contribution is 4.88. The minimum atomic E-state index is 0.0845. The van der Waals surface area contributed by atoms with Crippen molar-refractivity contribution >= 4 is 0 Å². The summed E-state index contributed by atoms with van der Waals surface area (Å²) in [6.07, 6.45) is 2.18. The SMILES string of the molecule is CCC(N)Cc1nc(CCOCCOC)no1. The average Bonchev–Trinajstić information content (AvgIpc) is 2.76. The molecule has 0 aliphatic rings. The quantitative estimate of drug-likeness (QED) is 0.638. The standard InChI is InChI=1S/C11H21N3O3/c1-3-9(12)8-11-13-10(14-17-11)4-5-16-7-6-15-2/h9H,3-8,12H2,1-2H3. The molecule has 6 heteroatoms. The molecule has 0 aliphatic heterocycles. The molecule has 0 aromatic carbocycles. The molecular formula is C11H21N3O3. The maximum Gasteiger partial charge on any atom is 0.228 e. The molecule has 1 unspecified atom stereocenters. The van der Waals surface area contributed by atoms with E-state index in [1.807, 2.05) is 6.92 Å². The van der Waals surface area contributed by atoms with Gasteiger partial charge in [-0.25, -0.2) is 0 Å². The molecule has 6 nitrogen and oxygen atoms in total. The van der Waals surface area contributed by atoms with E-state index < -0.39 is 0 Å². The van der Waals surface area contributed by atoms with Crippen molar-refractivity contribution in [3.8, 4) is 0 Å². The summed E-state index contributed by atoms with van der Waals surface area (Å²) in [5, 5.41) is 3.87. The van der Waals surface area contributed by atoms with Crippen molar-refractivity contribution in [1.29, 1.82) is 0 Å². The minimum absolute atomic E-state index is 0.0845. The fraction of sp³-hybridized carbons (Fsp3) is 0.818. The van der Waals surface area contributed by atoms with Crippen LogP contribution < -0.4 is 5.73 Å². The van der Waals surface area contributed by atoms with E-state index in [1.54, 1.807) is 7.11 Å². The summed E-state index contributed by atoms with van der Waals surface area (Å²) in [6.45, 7) is 3.79. The number of hydrogen-bond acceptors (Lipinski definition) is 6. The van der Waals surface area contributed by atoms with Crippen LogP contribution in [0.4, 0.5) is 0 Å². The molecule has 0 radical (unpaired) electrons. The van der Waals surface area contributed by atoms with E-state index in [1.165, 1.54) is 0 Å². The second-order valence-electron chi connectivity index (χ2n) is 3.83. The minimum Gasteiger partial charge on any atom is -0.382 e. The maximum atomic E-state index is 5.80. The van der Waals surface area contributed by atoms with Gasteiger partial charge in [-0.1, -0.05) is 12.1 Å². The normalized spacial score (nSPS) is 12.9. The van der Waals surface area contributed by atoms with Crippen molar-refractivity contribution < 1.29 is 14.0 Å². The summed E-state index contributed by atoms with van der Waals surface area (Å²) in [5.41, 5.74) is 5.80. The lowest BCUT2D eigenvalue weighted by Gasteiger charge is -2.02. The third kappa shape index (κ3) is 5.76. The predicted molar refractivity (Wildman–Crippen MR) is 62.7 cm³/mol. The van der Waals surface area contributed by atoms with Crippen LogP contribution in [0, 0.1) is 0 Å². The number of nitrogens with two attached hydrogens (primary N) is 1. The highest BCUT2D eigenvalue weighted by Gasteiger charge is 2.09. The summed E-state index contributed by atoms with van der Waals surface area (Å²) in [6, 6.07) is 0.0845. The lowest BCUT2D eigenvalue weighted by molar-refractivity contribution is 0.0714. The van der Waals surface area contributed by atoms with Gasteiger partial charge in [0.05, 0.1) is 19.8 Å². The van der Waals surface area contributed by atoms with Crippen LogP contribution in [0.25, 0.3) is 0 Å². The summed E-state index contributed by atoms with van der Waals surface area (Å²) >= 11 is 0. The van der Waals surface area contributed by atoms with Crippen molar-refractivity contribution in [2.45, 2.75) is 32.2 Å². The first-order valence-electron chi connectivity index (χ1n) is 5.90. The van der Waals surface area contributed by atoms with Gasteiger partial charge in [0.2, 0.25) is 5.89 Å². The summed E-state index contributed by atoms with van der Waals surface area (Å²) in [5.74, 6) is 1.27. The zero-order valence-corrected chi connectivity index (χ0v) is 10.5. The van der Waals surface area contributed by atoms with Gasteiger partial charge in [-0.2, -0.15) is 4.98 Å². The molecule has 0 bridgehead atoms. The van der Waals surface area contributed by atoms with Gasteiger partial charge in [0.25, 0.3) is 0 Å². The molecule has 0 amide bonds. The van der Waals surface area contributed by atoms with E-state index in [-0.39, 0.29) is 6.04 Å². The summed E-state index contributed by atoms with van der Waals surface area (Å²) in [7, 11) is 1.64. The number of ether oxygens (including phenoxy) is 2. The smallest absolute Gasteiger partial charge is 0.228 e. The highest BCUT2D eigenvalue weighted by Crippen LogP contribution is 2.03. The van der Waals surface area contributed by atoms with Crippen molar-refractivity contribution in [2.24, 2.45) is 5.73 Å². The van der Waals surface area contributed by atoms with Gasteiger partial charge in [-0.15, -0.1) is 0 Å². The molecule has 98 valence electrons. The van der Waals surface area contributed by atoms with Gasteiger partial charge in [0.15, 0.2) is 5.82 Å². The second kappa shape index (κ2) is 8.16. The molecule has 2 N–H and O–H groups in total. The van der Waals surface area contributed by atoms with E-state index >= 15 is 0 Å². The van der Waals surface area contributed by atoms with E-state index in [9.17, 15) is 0 Å². The highest BCUT2D eigenvalue weighted by atomic mass is 16.5. The second-order valence-corrected chi connectivity index (χ2v) is 3.83. The molecule has 0 aliphatic carbocycles. The van der Waals surface area contributed by atoms with Crippen LogP contribution in [0.15, 0.2) is 4.52 Å². The van der Waals surface area contributed by atoms with Crippen LogP contribution >= 0.6 is 0 Å². The van der Waals surface area contributed by atoms with Gasteiger partial charge >= 0.3 is 0 Å². The average molecular weight is 243 g/mol. The Balaban J connectivity index is 2.21. The molecule has 1 heterocycles. The van der Waals surface area contributed by atoms with Gasteiger partial charge in [0, 0.05) is 26.0 Å². The maximum absolute atomic E-state index is 5.80. The van der Waals surface area contributed by atoms with Crippen LogP contribution in [0.3, 0.4) is 0 Å². The monoisotopic (exact) mass is 243 g/mol. The van der Waals surface area contributed by atoms with Gasteiger partial charge in [0.1, 0.15) is 0 Å². The zero-order valence-electron chi connectivity index (χ0n) is 10.5. The Kier molecular flexibility index (Phi) is 6.76. The lowest BCUT2D eigenvalue weighted by Crippen LogP contribution is -2.21. The van der Waals surface area contributed by atoms with E-state index in [2.05, 4.69) is 10.1 Å². The number of nitrogens with zero attached hydrogens (tertiary/aromatic N) is 2. The van der Waals surface area contributed by atoms with Crippen molar-refractivity contribution in [2.75, 3.05) is 26.9 Å². The Morgan fingerprint density at radius 1 is 1.35 bits per heavy atom. The number of hydrogen-bond donors (Lipinski definition) is 1. The number of rotatable bonds is 9. The number of aromatic nitrogens is 2. The first-order chi connectivity index (χ1) is 8.26. The Bertz CT molecular complexity index is 304. The zero-order chi connectivity index (χ0) is 12.5. The van der Waals surface area contributed by atoms with Crippen LogP contribution in [-0.4, -0.2) is 43.1 Å². The fourth-order valence-corrected chi connectivity index (χ4v) is 1.25. The molecule has 1 aromatic heterocycles. The molecule has 1 aromatic rings. The molecule has 1 atom stereocenters. The van der Waals surface area contributed by atoms with Crippen LogP contribution in [0.1, 0.15) is 25.1 Å². The van der Waals surface area contributed by atoms with Crippen LogP contribution in [-0.2, 0) is 22.3 Å².